The molecule has 2 heterocycles. The maximum Gasteiger partial charge on any atom is 0.406 e. The van der Waals surface area contributed by atoms with Crippen LogP contribution in [0, 0.1) is 13.8 Å². The average molecular weight is 806 g/mol. The van der Waals surface area contributed by atoms with E-state index >= 15 is 26.3 Å². The van der Waals surface area contributed by atoms with E-state index in [-0.39, 0.29) is 57.8 Å². The highest BCUT2D eigenvalue weighted by molar-refractivity contribution is 6.30. The molecule has 0 aliphatic rings. The Morgan fingerprint density at radius 2 is 0.945 bits per heavy atom. The summed E-state index contributed by atoms with van der Waals surface area (Å²) in [4.78, 5) is 27.4. The van der Waals surface area contributed by atoms with Crippen molar-refractivity contribution in [3.63, 3.8) is 0 Å². The third-order valence-electron chi connectivity index (χ3n) is 9.57. The molecule has 4 aromatic carbocycles. The standard InChI is InChI=1S/C40H32Cl2F6N2O5/c1-21-33(29-17-27(53-3)13-15-31(29)49(21)19-23-5-9-25(41)10-6-23)35(39(43,44)45)37(51)55-38(52)36(40(46,47)48)34-22(2)50(20-24-7-11-26(42)12-8-24)32-16-14-28(54-4)18-30(32)34/h5-18,35-36H,19-20H2,1-4H3. The van der Waals surface area contributed by atoms with Gasteiger partial charge in [0.1, 0.15) is 11.5 Å². The molecule has 6 rings (SSSR count). The first-order valence-corrected chi connectivity index (χ1v) is 17.4. The smallest absolute Gasteiger partial charge is 0.406 e. The van der Waals surface area contributed by atoms with Gasteiger partial charge in [-0.3, -0.25) is 9.59 Å². The Kier molecular flexibility index (Phi) is 10.9. The maximum atomic E-state index is 15.1. The van der Waals surface area contributed by atoms with E-state index in [9.17, 15) is 9.59 Å². The summed E-state index contributed by atoms with van der Waals surface area (Å²) in [5.41, 5.74) is 0.572. The topological polar surface area (TPSA) is 71.7 Å². The molecular weight excluding hydrogens is 773 g/mol. The van der Waals surface area contributed by atoms with Crippen molar-refractivity contribution >= 4 is 56.9 Å². The summed E-state index contributed by atoms with van der Waals surface area (Å²) >= 11 is 12.0. The van der Waals surface area contributed by atoms with Crippen LogP contribution in [-0.4, -0.2) is 47.6 Å². The summed E-state index contributed by atoms with van der Waals surface area (Å²) in [6.07, 6.45) is -10.8. The van der Waals surface area contributed by atoms with Gasteiger partial charge >= 0.3 is 24.3 Å². The van der Waals surface area contributed by atoms with Gasteiger partial charge in [0, 0.05) is 67.5 Å². The van der Waals surface area contributed by atoms with Crippen LogP contribution in [0.1, 0.15) is 45.5 Å². The maximum absolute atomic E-state index is 15.1. The van der Waals surface area contributed by atoms with Gasteiger partial charge in [-0.15, -0.1) is 0 Å². The van der Waals surface area contributed by atoms with Crippen molar-refractivity contribution in [1.82, 2.24) is 9.13 Å². The summed E-state index contributed by atoms with van der Waals surface area (Å²) in [7, 11) is 2.60. The van der Waals surface area contributed by atoms with E-state index in [1.807, 2.05) is 0 Å². The van der Waals surface area contributed by atoms with Crippen molar-refractivity contribution in [2.45, 2.75) is 51.1 Å². The number of methoxy groups -OCH3 is 2. The molecule has 15 heteroatoms. The quantitative estimate of drug-likeness (QED) is 0.0783. The van der Waals surface area contributed by atoms with Gasteiger partial charge in [-0.1, -0.05) is 47.5 Å². The number of benzene rings is 4. The van der Waals surface area contributed by atoms with Crippen LogP contribution in [0.15, 0.2) is 84.9 Å². The second-order valence-corrected chi connectivity index (χ2v) is 13.8. The Morgan fingerprint density at radius 3 is 1.25 bits per heavy atom. The number of carbonyl (C=O) groups is 2. The first-order chi connectivity index (χ1) is 25.9. The summed E-state index contributed by atoms with van der Waals surface area (Å²) in [5.74, 6) is -10.4. The van der Waals surface area contributed by atoms with E-state index in [1.54, 1.807) is 48.5 Å². The van der Waals surface area contributed by atoms with Crippen molar-refractivity contribution in [2.24, 2.45) is 0 Å². The molecule has 0 fully saturated rings. The van der Waals surface area contributed by atoms with Crippen LogP contribution in [0.2, 0.25) is 10.0 Å². The third-order valence-corrected chi connectivity index (χ3v) is 10.1. The van der Waals surface area contributed by atoms with E-state index in [0.717, 1.165) is 0 Å². The fraction of sp³-hybridized carbons (Fsp3) is 0.250. The Bertz CT molecular complexity index is 2230. The van der Waals surface area contributed by atoms with Gasteiger partial charge in [0.2, 0.25) is 0 Å². The number of hydrogen-bond donors (Lipinski definition) is 0. The number of aromatic nitrogens is 2. The zero-order chi connectivity index (χ0) is 40.0. The lowest BCUT2D eigenvalue weighted by atomic mass is 9.94. The lowest BCUT2D eigenvalue weighted by Gasteiger charge is -2.23. The highest BCUT2D eigenvalue weighted by atomic mass is 35.5. The number of esters is 2. The van der Waals surface area contributed by atoms with Crippen LogP contribution in [0.3, 0.4) is 0 Å². The first-order valence-electron chi connectivity index (χ1n) is 16.6. The lowest BCUT2D eigenvalue weighted by Crippen LogP contribution is -2.36. The summed E-state index contributed by atoms with van der Waals surface area (Å²) in [6, 6.07) is 21.7. The average Bonchev–Trinajstić information content (AvgIpc) is 3.53. The minimum absolute atomic E-state index is 0.0366. The third kappa shape index (κ3) is 7.86. The summed E-state index contributed by atoms with van der Waals surface area (Å²) in [6.45, 7) is 2.78. The van der Waals surface area contributed by atoms with E-state index in [0.29, 0.717) is 21.2 Å². The number of rotatable bonds is 10. The van der Waals surface area contributed by atoms with Crippen molar-refractivity contribution in [3.8, 4) is 11.5 Å². The number of nitrogens with zero attached hydrogens (tertiary/aromatic N) is 2. The molecule has 0 aliphatic heterocycles. The number of alkyl halides is 6. The molecule has 0 radical (unpaired) electrons. The fourth-order valence-corrected chi connectivity index (χ4v) is 7.21. The number of fused-ring (bicyclic) bond motifs is 2. The Morgan fingerprint density at radius 1 is 0.600 bits per heavy atom. The largest absolute Gasteiger partial charge is 0.497 e. The lowest BCUT2D eigenvalue weighted by molar-refractivity contribution is -0.194. The molecule has 0 spiro atoms. The zero-order valence-corrected chi connectivity index (χ0v) is 31.1. The Labute approximate surface area is 320 Å². The van der Waals surface area contributed by atoms with Crippen LogP contribution in [0.5, 0.6) is 11.5 Å². The molecule has 0 saturated heterocycles. The minimum Gasteiger partial charge on any atom is -0.497 e. The fourth-order valence-electron chi connectivity index (χ4n) is 6.96. The zero-order valence-electron chi connectivity index (χ0n) is 29.6. The summed E-state index contributed by atoms with van der Waals surface area (Å²) < 4.78 is 109. The molecule has 0 N–H and O–H groups in total. The second-order valence-electron chi connectivity index (χ2n) is 12.9. The van der Waals surface area contributed by atoms with Crippen LogP contribution >= 0.6 is 23.2 Å². The molecule has 0 saturated carbocycles. The molecule has 0 amide bonds. The van der Waals surface area contributed by atoms with Crippen LogP contribution in [-0.2, 0) is 27.4 Å². The number of halogens is 8. The van der Waals surface area contributed by atoms with E-state index in [1.165, 1.54) is 73.6 Å². The monoisotopic (exact) mass is 804 g/mol. The van der Waals surface area contributed by atoms with Gasteiger partial charge < -0.3 is 23.3 Å². The number of hydrogen-bond acceptors (Lipinski definition) is 5. The van der Waals surface area contributed by atoms with Crippen LogP contribution < -0.4 is 9.47 Å². The first kappa shape index (κ1) is 39.6. The molecule has 6 aromatic rings. The number of ether oxygens (including phenoxy) is 3. The number of carbonyl (C=O) groups excluding carboxylic acids is 2. The molecule has 7 nitrogen and oxygen atoms in total. The molecule has 288 valence electrons. The van der Waals surface area contributed by atoms with E-state index in [2.05, 4.69) is 0 Å². The van der Waals surface area contributed by atoms with Gasteiger partial charge in [0.05, 0.1) is 14.2 Å². The molecule has 0 bridgehead atoms. The van der Waals surface area contributed by atoms with Crippen molar-refractivity contribution in [3.05, 3.63) is 129 Å². The predicted octanol–water partition coefficient (Wildman–Crippen LogP) is 10.7. The van der Waals surface area contributed by atoms with Crippen molar-refractivity contribution in [2.75, 3.05) is 14.2 Å². The van der Waals surface area contributed by atoms with Gasteiger partial charge in [0.15, 0.2) is 11.8 Å². The molecule has 0 aliphatic carbocycles. The molecular formula is C40H32Cl2F6N2O5. The predicted molar refractivity (Wildman–Crippen MR) is 196 cm³/mol. The highest BCUT2D eigenvalue weighted by Gasteiger charge is 2.54. The van der Waals surface area contributed by atoms with Gasteiger partial charge in [-0.05, 0) is 85.6 Å². The van der Waals surface area contributed by atoms with Gasteiger partial charge in [-0.2, -0.15) is 26.3 Å². The normalized spacial score (nSPS) is 13.2. The minimum atomic E-state index is -5.41. The van der Waals surface area contributed by atoms with Crippen LogP contribution in [0.4, 0.5) is 26.3 Å². The van der Waals surface area contributed by atoms with Gasteiger partial charge in [-0.25, -0.2) is 0 Å². The molecule has 55 heavy (non-hydrogen) atoms. The molecule has 2 unspecified atom stereocenters. The SMILES string of the molecule is COc1ccc2c(c1)c(C(C(=O)OC(=O)C(c1c(C)n(Cc3ccc(Cl)cc3)c3ccc(OC)cc13)C(F)(F)F)C(F)(F)F)c(C)n2Cc1ccc(Cl)cc1. The van der Waals surface area contributed by atoms with Crippen molar-refractivity contribution < 1.29 is 50.1 Å². The van der Waals surface area contributed by atoms with E-state index < -0.39 is 47.3 Å². The van der Waals surface area contributed by atoms with Crippen molar-refractivity contribution in [1.29, 1.82) is 0 Å². The van der Waals surface area contributed by atoms with E-state index in [4.69, 9.17) is 37.4 Å². The highest BCUT2D eigenvalue weighted by Crippen LogP contribution is 2.46. The van der Waals surface area contributed by atoms with Crippen LogP contribution in [0.25, 0.3) is 21.8 Å². The summed E-state index contributed by atoms with van der Waals surface area (Å²) in [5, 5.41) is 0.729. The Balaban J connectivity index is 1.45. The van der Waals surface area contributed by atoms with Gasteiger partial charge in [0.25, 0.3) is 0 Å². The Hall–Kier alpha value is -5.14. The molecule has 2 aromatic heterocycles. The molecule has 2 atom stereocenters. The second kappa shape index (κ2) is 15.2.